The van der Waals surface area contributed by atoms with Gasteiger partial charge in [0.2, 0.25) is 0 Å². The van der Waals surface area contributed by atoms with E-state index in [9.17, 15) is 0 Å². The Labute approximate surface area is 128 Å². The molecule has 2 aromatic heterocycles. The van der Waals surface area contributed by atoms with Crippen molar-refractivity contribution < 1.29 is 4.74 Å². The van der Waals surface area contributed by atoms with Gasteiger partial charge in [0.25, 0.3) is 0 Å². The zero-order valence-electron chi connectivity index (χ0n) is 12.3. The Morgan fingerprint density at radius 1 is 1.24 bits per heavy atom. The molecule has 0 bridgehead atoms. The first kappa shape index (κ1) is 12.9. The van der Waals surface area contributed by atoms with Crippen LogP contribution < -0.4 is 4.74 Å². The Hall–Kier alpha value is -1.81. The zero-order chi connectivity index (χ0) is 14.4. The molecule has 4 heteroatoms. The molecule has 3 nitrogen and oxygen atoms in total. The maximum absolute atomic E-state index is 5.49. The summed E-state index contributed by atoms with van der Waals surface area (Å²) < 4.78 is 7.78. The van der Waals surface area contributed by atoms with Gasteiger partial charge in [-0.3, -0.25) is 4.40 Å². The van der Waals surface area contributed by atoms with Gasteiger partial charge in [-0.15, -0.1) is 11.3 Å². The molecule has 0 unspecified atom stereocenters. The van der Waals surface area contributed by atoms with Crippen LogP contribution >= 0.6 is 11.3 Å². The molecule has 0 saturated carbocycles. The van der Waals surface area contributed by atoms with Crippen molar-refractivity contribution in [2.45, 2.75) is 32.6 Å². The van der Waals surface area contributed by atoms with Crippen LogP contribution in [0.1, 0.15) is 29.0 Å². The van der Waals surface area contributed by atoms with E-state index in [2.05, 4.69) is 29.7 Å². The molecule has 2 heterocycles. The minimum atomic E-state index is 0.889. The molecular weight excluding hydrogens is 280 g/mol. The van der Waals surface area contributed by atoms with Crippen LogP contribution in [0.15, 0.2) is 24.4 Å². The highest BCUT2D eigenvalue weighted by molar-refractivity contribution is 7.17. The first-order valence-corrected chi connectivity index (χ1v) is 8.22. The molecule has 0 radical (unpaired) electrons. The maximum atomic E-state index is 5.49. The normalized spacial score (nSPS) is 14.4. The lowest BCUT2D eigenvalue weighted by Crippen LogP contribution is -2.01. The molecule has 1 aliphatic rings. The largest absolute Gasteiger partial charge is 0.496 e. The smallest absolute Gasteiger partial charge is 0.194 e. The summed E-state index contributed by atoms with van der Waals surface area (Å²) in [5.41, 5.74) is 4.78. The van der Waals surface area contributed by atoms with Gasteiger partial charge in [-0.05, 0) is 44.7 Å². The SMILES string of the molecule is COc1ccc(C)cc1-c1cn2c3c(sc2n1)CCCC3. The fraction of sp³-hybridized carbons (Fsp3) is 0.353. The predicted molar refractivity (Wildman–Crippen MR) is 86.4 cm³/mol. The van der Waals surface area contributed by atoms with E-state index in [0.29, 0.717) is 0 Å². The number of methoxy groups -OCH3 is 1. The molecule has 0 aliphatic heterocycles. The lowest BCUT2D eigenvalue weighted by atomic mass is 10.0. The van der Waals surface area contributed by atoms with E-state index in [0.717, 1.165) is 22.0 Å². The summed E-state index contributed by atoms with van der Waals surface area (Å²) in [4.78, 5) is 7.47. The number of rotatable bonds is 2. The number of aryl methyl sites for hydroxylation is 3. The van der Waals surface area contributed by atoms with Crippen LogP contribution in [0.5, 0.6) is 5.75 Å². The van der Waals surface area contributed by atoms with Gasteiger partial charge in [-0.2, -0.15) is 0 Å². The minimum Gasteiger partial charge on any atom is -0.496 e. The molecule has 21 heavy (non-hydrogen) atoms. The molecule has 108 valence electrons. The Morgan fingerprint density at radius 3 is 2.95 bits per heavy atom. The van der Waals surface area contributed by atoms with E-state index >= 15 is 0 Å². The molecule has 0 saturated heterocycles. The van der Waals surface area contributed by atoms with Crippen LogP contribution in [0.3, 0.4) is 0 Å². The van der Waals surface area contributed by atoms with Gasteiger partial charge in [0.15, 0.2) is 4.96 Å². The lowest BCUT2D eigenvalue weighted by molar-refractivity contribution is 0.416. The number of hydrogen-bond acceptors (Lipinski definition) is 3. The highest BCUT2D eigenvalue weighted by Gasteiger charge is 2.19. The number of thiazole rings is 1. The number of benzene rings is 1. The van der Waals surface area contributed by atoms with Crippen molar-refractivity contribution in [3.05, 3.63) is 40.5 Å². The highest BCUT2D eigenvalue weighted by Crippen LogP contribution is 2.35. The second-order valence-corrected chi connectivity index (χ2v) is 6.72. The van der Waals surface area contributed by atoms with E-state index < -0.39 is 0 Å². The Morgan fingerprint density at radius 2 is 2.10 bits per heavy atom. The average Bonchev–Trinajstić information content (AvgIpc) is 3.04. The van der Waals surface area contributed by atoms with Crippen LogP contribution in [0.25, 0.3) is 16.2 Å². The Bertz CT molecular complexity index is 816. The molecular formula is C17H18N2OS. The lowest BCUT2D eigenvalue weighted by Gasteiger charge is -2.10. The zero-order valence-corrected chi connectivity index (χ0v) is 13.2. The molecule has 0 N–H and O–H groups in total. The second kappa shape index (κ2) is 4.88. The summed E-state index contributed by atoms with van der Waals surface area (Å²) in [5.74, 6) is 0.889. The van der Waals surface area contributed by atoms with Gasteiger partial charge in [0.1, 0.15) is 5.75 Å². The number of aromatic nitrogens is 2. The Balaban J connectivity index is 1.88. The summed E-state index contributed by atoms with van der Waals surface area (Å²) in [6.45, 7) is 2.10. The summed E-state index contributed by atoms with van der Waals surface area (Å²) in [6, 6.07) is 6.24. The van der Waals surface area contributed by atoms with Crippen molar-refractivity contribution in [2.24, 2.45) is 0 Å². The summed E-state index contributed by atoms with van der Waals surface area (Å²) >= 11 is 1.84. The van der Waals surface area contributed by atoms with Crippen molar-refractivity contribution in [3.8, 4) is 17.0 Å². The van der Waals surface area contributed by atoms with Crippen molar-refractivity contribution in [1.82, 2.24) is 9.38 Å². The summed E-state index contributed by atoms with van der Waals surface area (Å²) in [6.07, 6.45) is 7.17. The van der Waals surface area contributed by atoms with Crippen molar-refractivity contribution in [3.63, 3.8) is 0 Å². The molecule has 1 aromatic carbocycles. The second-order valence-electron chi connectivity index (χ2n) is 5.66. The van der Waals surface area contributed by atoms with E-state index in [1.165, 1.54) is 41.8 Å². The van der Waals surface area contributed by atoms with Crippen LogP contribution in [0, 0.1) is 6.92 Å². The van der Waals surface area contributed by atoms with Crippen LogP contribution in [-0.2, 0) is 12.8 Å². The maximum Gasteiger partial charge on any atom is 0.194 e. The average molecular weight is 298 g/mol. The van der Waals surface area contributed by atoms with Gasteiger partial charge in [0, 0.05) is 22.3 Å². The molecule has 1 aliphatic carbocycles. The Kier molecular flexibility index (Phi) is 3.00. The van der Waals surface area contributed by atoms with E-state index in [-0.39, 0.29) is 0 Å². The minimum absolute atomic E-state index is 0.889. The number of fused-ring (bicyclic) bond motifs is 3. The number of ether oxygens (including phenoxy) is 1. The summed E-state index contributed by atoms with van der Waals surface area (Å²) in [7, 11) is 1.72. The molecule has 4 rings (SSSR count). The fourth-order valence-electron chi connectivity index (χ4n) is 3.12. The standard InChI is InChI=1S/C17H18N2OS/c1-11-7-8-15(20-2)12(9-11)13-10-19-14-5-3-4-6-16(14)21-17(19)18-13/h7-10H,3-6H2,1-2H3. The van der Waals surface area contributed by atoms with E-state index in [1.807, 2.05) is 17.4 Å². The third-order valence-electron chi connectivity index (χ3n) is 4.20. The monoisotopic (exact) mass is 298 g/mol. The van der Waals surface area contributed by atoms with Gasteiger partial charge < -0.3 is 4.74 Å². The third-order valence-corrected chi connectivity index (χ3v) is 5.36. The molecule has 0 spiro atoms. The van der Waals surface area contributed by atoms with Gasteiger partial charge in [0.05, 0.1) is 12.8 Å². The van der Waals surface area contributed by atoms with Gasteiger partial charge in [-0.25, -0.2) is 4.98 Å². The van der Waals surface area contributed by atoms with Crippen LogP contribution in [0.2, 0.25) is 0 Å². The van der Waals surface area contributed by atoms with Crippen LogP contribution in [-0.4, -0.2) is 16.5 Å². The van der Waals surface area contributed by atoms with Gasteiger partial charge >= 0.3 is 0 Å². The number of nitrogens with zero attached hydrogens (tertiary/aromatic N) is 2. The van der Waals surface area contributed by atoms with E-state index in [1.54, 1.807) is 7.11 Å². The highest BCUT2D eigenvalue weighted by atomic mass is 32.1. The van der Waals surface area contributed by atoms with Crippen molar-refractivity contribution in [2.75, 3.05) is 7.11 Å². The summed E-state index contributed by atoms with van der Waals surface area (Å²) in [5, 5.41) is 0. The fourth-order valence-corrected chi connectivity index (χ4v) is 4.31. The third kappa shape index (κ3) is 2.05. The molecule has 0 atom stereocenters. The quantitative estimate of drug-likeness (QED) is 0.706. The first-order chi connectivity index (χ1) is 10.3. The van der Waals surface area contributed by atoms with Gasteiger partial charge in [-0.1, -0.05) is 11.6 Å². The molecule has 3 aromatic rings. The number of hydrogen-bond donors (Lipinski definition) is 0. The van der Waals surface area contributed by atoms with E-state index in [4.69, 9.17) is 9.72 Å². The molecule has 0 fully saturated rings. The van der Waals surface area contributed by atoms with Crippen molar-refractivity contribution in [1.29, 1.82) is 0 Å². The topological polar surface area (TPSA) is 26.5 Å². The predicted octanol–water partition coefficient (Wildman–Crippen LogP) is 4.26. The van der Waals surface area contributed by atoms with Crippen molar-refractivity contribution >= 4 is 16.3 Å². The first-order valence-electron chi connectivity index (χ1n) is 7.41. The number of imidazole rings is 1. The molecule has 0 amide bonds. The van der Waals surface area contributed by atoms with Crippen LogP contribution in [0.4, 0.5) is 0 Å².